The zero-order chi connectivity index (χ0) is 50.0. The first kappa shape index (κ1) is 47.6. The molecule has 16 heteroatoms. The first-order valence-corrected chi connectivity index (χ1v) is 23.0. The van der Waals surface area contributed by atoms with Gasteiger partial charge in [0.2, 0.25) is 11.9 Å². The lowest BCUT2D eigenvalue weighted by Crippen LogP contribution is -2.43. The van der Waals surface area contributed by atoms with Gasteiger partial charge in [0.1, 0.15) is 18.1 Å². The normalized spacial score (nSPS) is 14.9. The first-order valence-electron chi connectivity index (χ1n) is 23.0. The van der Waals surface area contributed by atoms with Gasteiger partial charge in [0.05, 0.1) is 41.8 Å². The fourth-order valence-electron chi connectivity index (χ4n) is 7.98. The molecule has 0 saturated heterocycles. The Kier molecular flexibility index (Phi) is 14.5. The molecule has 6 aromatic carbocycles. The summed E-state index contributed by atoms with van der Waals surface area (Å²) in [6.07, 6.45) is 6.70. The fourth-order valence-corrected chi connectivity index (χ4v) is 7.98. The van der Waals surface area contributed by atoms with Crippen LogP contribution >= 0.6 is 0 Å². The third kappa shape index (κ3) is 11.9. The van der Waals surface area contributed by atoms with Gasteiger partial charge in [-0.3, -0.25) is 29.2 Å². The second kappa shape index (κ2) is 21.9. The van der Waals surface area contributed by atoms with Gasteiger partial charge in [-0.2, -0.15) is 0 Å². The van der Waals surface area contributed by atoms with Crippen LogP contribution in [-0.4, -0.2) is 65.7 Å². The van der Waals surface area contributed by atoms with Gasteiger partial charge in [-0.05, 0) is 137 Å². The minimum absolute atomic E-state index is 0.0484. The highest BCUT2D eigenvalue weighted by atomic mass is 16.6. The van der Waals surface area contributed by atoms with E-state index in [9.17, 15) is 24.0 Å². The highest BCUT2D eigenvalue weighted by Crippen LogP contribution is 2.35. The lowest BCUT2D eigenvalue weighted by atomic mass is 10.0. The Morgan fingerprint density at radius 3 is 2.21 bits per heavy atom. The number of allylic oxidation sites excluding steroid dienone is 1. The molecule has 1 unspecified atom stereocenters. The molecule has 5 heterocycles. The monoisotopic (exact) mass is 961 g/mol. The van der Waals surface area contributed by atoms with Crippen molar-refractivity contribution >= 4 is 80.6 Å². The number of ether oxygens (including phenoxy) is 4. The predicted molar refractivity (Wildman–Crippen MR) is 274 cm³/mol. The maximum atomic E-state index is 12.0. The number of rotatable bonds is 10. The van der Waals surface area contributed by atoms with Gasteiger partial charge in [-0.25, -0.2) is 9.79 Å². The van der Waals surface area contributed by atoms with E-state index in [1.807, 2.05) is 24.3 Å². The number of nitrogen functional groups attached to an aromatic ring is 1. The molecule has 0 saturated carbocycles. The number of Topliss-reactive ketones (excluding diaryl/α,β-unsaturated/α-hetero) is 2. The summed E-state index contributed by atoms with van der Waals surface area (Å²) in [4.78, 5) is 71.4. The third-order valence-corrected chi connectivity index (χ3v) is 11.7. The van der Waals surface area contributed by atoms with Crippen molar-refractivity contribution in [3.8, 4) is 23.0 Å². The van der Waals surface area contributed by atoms with E-state index >= 15 is 0 Å². The van der Waals surface area contributed by atoms with Crippen LogP contribution in [0.2, 0.25) is 0 Å². The van der Waals surface area contributed by atoms with E-state index in [0.717, 1.165) is 41.9 Å². The van der Waals surface area contributed by atoms with E-state index in [1.54, 1.807) is 91.3 Å². The van der Waals surface area contributed by atoms with Crippen LogP contribution in [0.3, 0.4) is 0 Å². The average Bonchev–Trinajstić information content (AvgIpc) is 3.80. The Labute approximate surface area is 413 Å². The number of esters is 1. The zero-order valence-electron chi connectivity index (χ0n) is 38.8. The molecule has 0 fully saturated rings. The molecule has 0 aliphatic carbocycles. The molecule has 5 N–H and O–H groups in total. The van der Waals surface area contributed by atoms with Crippen LogP contribution in [-0.2, 0) is 43.2 Å². The number of nitrogens with zero attached hydrogens (tertiary/aromatic N) is 3. The summed E-state index contributed by atoms with van der Waals surface area (Å²) in [5.74, 6) is 0.628. The highest BCUT2D eigenvalue weighted by molar-refractivity contribution is 6.42. The van der Waals surface area contributed by atoms with E-state index in [4.69, 9.17) is 29.7 Å². The number of carbonyl (C=O) groups excluding carboxylic acids is 5. The van der Waals surface area contributed by atoms with Crippen molar-refractivity contribution in [3.63, 3.8) is 0 Å². The summed E-state index contributed by atoms with van der Waals surface area (Å²) in [6, 6.07) is 40.9. The maximum absolute atomic E-state index is 12.0. The lowest BCUT2D eigenvalue weighted by molar-refractivity contribution is -0.134. The molecule has 11 rings (SSSR count). The molecule has 0 spiro atoms. The molecule has 7 aromatic rings. The van der Waals surface area contributed by atoms with Crippen molar-refractivity contribution in [1.29, 1.82) is 0 Å². The summed E-state index contributed by atoms with van der Waals surface area (Å²) in [6.45, 7) is 4.25. The van der Waals surface area contributed by atoms with Gasteiger partial charge in [0.25, 0.3) is 11.8 Å². The van der Waals surface area contributed by atoms with E-state index in [-0.39, 0.29) is 37.1 Å². The van der Waals surface area contributed by atoms with Crippen LogP contribution in [0.4, 0.5) is 28.4 Å². The van der Waals surface area contributed by atoms with E-state index < -0.39 is 17.8 Å². The van der Waals surface area contributed by atoms with Crippen molar-refractivity contribution in [3.05, 3.63) is 180 Å². The van der Waals surface area contributed by atoms with Crippen LogP contribution in [0.5, 0.6) is 23.0 Å². The number of anilines is 3. The average molecular weight is 962 g/mol. The second-order valence-electron chi connectivity index (χ2n) is 16.9. The highest BCUT2D eigenvalue weighted by Gasteiger charge is 2.27. The topological polar surface area (TPSA) is 222 Å². The summed E-state index contributed by atoms with van der Waals surface area (Å²) in [7, 11) is 0. The van der Waals surface area contributed by atoms with Crippen molar-refractivity contribution in [2.24, 2.45) is 9.98 Å². The van der Waals surface area contributed by atoms with Gasteiger partial charge in [-0.1, -0.05) is 43.0 Å². The van der Waals surface area contributed by atoms with Crippen molar-refractivity contribution < 1.29 is 42.9 Å². The largest absolute Gasteiger partial charge is 0.485 e. The molecular weight excluding hydrogens is 915 g/mol. The SMILES string of the molecule is C=C1Nc2ccc(Oc3ccc4c(c3)CC(=O)C(=O)N4)cc2CC1=O.Nc1ccc(C(=O)OCCCC2=Nc3cc4ccccc4cc3C2)cc1.O=C(NC=Nc1cccnc1)C1COc2ccccc2O1. The Balaban J connectivity index is 0.000000134. The lowest BCUT2D eigenvalue weighted by Gasteiger charge is -2.24. The summed E-state index contributed by atoms with van der Waals surface area (Å²) >= 11 is 0. The molecule has 0 bridgehead atoms. The standard InChI is InChI=1S/C22H20N2O2.C19H14N2O4.C15H13N3O3/c23-19-9-7-15(8-10-19)22(25)26-11-3-6-20-13-18-12-16-4-1-2-5-17(16)14-21(18)24-20;1-10-17(22)8-11-6-13(2-4-15(11)20-10)25-14-3-5-16-12(7-14)9-18(23)19(24)21-16;19-15(18-10-17-11-4-3-7-16-8-11)14-9-20-12-5-1-2-6-13(12)21-14/h1-2,4-5,7-10,12,14H,3,6,11,13,23H2;2-7,20H,1,8-9H2,(H,21,24);1-8,10,14H,9H2,(H,17,18,19). The number of hydrogen-bond donors (Lipinski definition) is 4. The Bertz CT molecular complexity index is 3220. The number of nitrogens with two attached hydrogens (primary N) is 1. The molecule has 360 valence electrons. The van der Waals surface area contributed by atoms with E-state index in [2.05, 4.69) is 62.8 Å². The Morgan fingerprint density at radius 2 is 1.47 bits per heavy atom. The molecule has 4 aliphatic rings. The van der Waals surface area contributed by atoms with Crippen LogP contribution in [0, 0.1) is 0 Å². The van der Waals surface area contributed by atoms with E-state index in [1.165, 1.54) is 22.7 Å². The van der Waals surface area contributed by atoms with Crippen molar-refractivity contribution in [2.45, 2.75) is 38.2 Å². The van der Waals surface area contributed by atoms with Crippen LogP contribution < -0.4 is 35.9 Å². The number of fused-ring (bicyclic) bond motifs is 5. The molecule has 72 heavy (non-hydrogen) atoms. The third-order valence-electron chi connectivity index (χ3n) is 11.7. The summed E-state index contributed by atoms with van der Waals surface area (Å²) in [5.41, 5.74) is 14.3. The van der Waals surface area contributed by atoms with Crippen LogP contribution in [0.25, 0.3) is 10.8 Å². The van der Waals surface area contributed by atoms with Crippen LogP contribution in [0.15, 0.2) is 168 Å². The number of benzene rings is 6. The molecule has 1 aromatic heterocycles. The Hall–Kier alpha value is -9.44. The number of aliphatic imine (C=N–C) groups is 2. The zero-order valence-corrected chi connectivity index (χ0v) is 38.8. The number of amides is 2. The molecule has 2 amide bonds. The minimum Gasteiger partial charge on any atom is -0.485 e. The molecular formula is C56H47N7O9. The fraction of sp³-hybridized carbons (Fsp3) is 0.143. The van der Waals surface area contributed by atoms with Gasteiger partial charge in [0, 0.05) is 48.2 Å². The van der Waals surface area contributed by atoms with Crippen molar-refractivity contribution in [1.82, 2.24) is 10.3 Å². The number of carbonyl (C=O) groups is 5. The number of pyridine rings is 1. The molecule has 1 atom stereocenters. The van der Waals surface area contributed by atoms with Gasteiger partial charge in [0.15, 0.2) is 17.3 Å². The maximum Gasteiger partial charge on any atom is 0.338 e. The number of ketones is 2. The first-order chi connectivity index (χ1) is 35.0. The quantitative estimate of drug-likeness (QED) is 0.0192. The second-order valence-corrected chi connectivity index (χ2v) is 16.9. The van der Waals surface area contributed by atoms with Gasteiger partial charge >= 0.3 is 5.97 Å². The van der Waals surface area contributed by atoms with Crippen molar-refractivity contribution in [2.75, 3.05) is 29.6 Å². The predicted octanol–water partition coefficient (Wildman–Crippen LogP) is 8.98. The molecule has 16 nitrogen and oxygen atoms in total. The smallest absolute Gasteiger partial charge is 0.338 e. The summed E-state index contributed by atoms with van der Waals surface area (Å²) in [5, 5.41) is 10.6. The van der Waals surface area contributed by atoms with Gasteiger partial charge < -0.3 is 40.6 Å². The molecule has 4 aliphatic heterocycles. The van der Waals surface area contributed by atoms with Gasteiger partial charge in [-0.15, -0.1) is 0 Å². The number of aromatic nitrogens is 1. The van der Waals surface area contributed by atoms with E-state index in [0.29, 0.717) is 63.5 Å². The number of para-hydroxylation sites is 2. The number of hydrogen-bond acceptors (Lipinski definition) is 14. The Morgan fingerprint density at radius 1 is 0.778 bits per heavy atom. The molecule has 0 radical (unpaired) electrons. The summed E-state index contributed by atoms with van der Waals surface area (Å²) < 4.78 is 22.2. The van der Waals surface area contributed by atoms with Crippen LogP contribution in [0.1, 0.15) is 39.9 Å². The number of nitrogens with one attached hydrogen (secondary N) is 3. The minimum atomic E-state index is -0.694.